The number of likely N-dealkylation sites (tertiary alicyclic amines) is 1. The standard InChI is InChI=1S/C28H33N3O5/c1-15-22(16-9-7-6-8-10-16)18-11-17(12-19(24(18)35-15)26(33)29-5)25(32)30-23-20-13-31(14-21(20)23)27(34)36-28(2,3)4/h6-12,15,20-23H,13-14H2,1-5H3,(H,29,33)(H,30,32)/t15-,20?,21?,22+,23?/m0/s1. The lowest BCUT2D eigenvalue weighted by molar-refractivity contribution is 0.0269. The molecule has 36 heavy (non-hydrogen) atoms. The van der Waals surface area contributed by atoms with Gasteiger partial charge in [0.15, 0.2) is 0 Å². The van der Waals surface area contributed by atoms with E-state index in [0.29, 0.717) is 30.0 Å². The first-order valence-corrected chi connectivity index (χ1v) is 12.5. The number of rotatable bonds is 4. The third-order valence-corrected chi connectivity index (χ3v) is 7.26. The number of nitrogens with one attached hydrogen (secondary N) is 2. The largest absolute Gasteiger partial charge is 0.489 e. The molecule has 0 radical (unpaired) electrons. The van der Waals surface area contributed by atoms with Crippen molar-refractivity contribution in [3.63, 3.8) is 0 Å². The minimum absolute atomic E-state index is 0.00740. The molecule has 0 spiro atoms. The Morgan fingerprint density at radius 1 is 1.03 bits per heavy atom. The van der Waals surface area contributed by atoms with Crippen LogP contribution in [0.5, 0.6) is 5.75 Å². The Kier molecular flexibility index (Phi) is 5.93. The highest BCUT2D eigenvalue weighted by Crippen LogP contribution is 2.47. The molecule has 3 amide bonds. The van der Waals surface area contributed by atoms with Gasteiger partial charge in [0.2, 0.25) is 0 Å². The minimum atomic E-state index is -0.535. The Labute approximate surface area is 211 Å². The van der Waals surface area contributed by atoms with E-state index in [1.165, 1.54) is 0 Å². The molecule has 5 rings (SSSR count). The number of fused-ring (bicyclic) bond motifs is 2. The fraction of sp³-hybridized carbons (Fsp3) is 0.464. The molecular formula is C28H33N3O5. The second-order valence-electron chi connectivity index (χ2n) is 10.9. The molecule has 4 atom stereocenters. The smallest absolute Gasteiger partial charge is 0.410 e. The van der Waals surface area contributed by atoms with Crippen LogP contribution in [-0.4, -0.2) is 60.7 Å². The quantitative estimate of drug-likeness (QED) is 0.682. The third kappa shape index (κ3) is 4.40. The summed E-state index contributed by atoms with van der Waals surface area (Å²) in [4.78, 5) is 40.1. The van der Waals surface area contributed by atoms with E-state index >= 15 is 0 Å². The zero-order valence-electron chi connectivity index (χ0n) is 21.3. The normalized spacial score (nSPS) is 25.9. The molecule has 1 saturated carbocycles. The van der Waals surface area contributed by atoms with E-state index in [1.54, 1.807) is 18.0 Å². The van der Waals surface area contributed by atoms with Crippen molar-refractivity contribution in [1.29, 1.82) is 0 Å². The van der Waals surface area contributed by atoms with Gasteiger partial charge in [0.25, 0.3) is 11.8 Å². The summed E-state index contributed by atoms with van der Waals surface area (Å²) >= 11 is 0. The summed E-state index contributed by atoms with van der Waals surface area (Å²) in [6.45, 7) is 8.67. The van der Waals surface area contributed by atoms with Crippen molar-refractivity contribution in [3.8, 4) is 5.75 Å². The lowest BCUT2D eigenvalue weighted by Crippen LogP contribution is -2.40. The fourth-order valence-corrected chi connectivity index (χ4v) is 5.52. The van der Waals surface area contributed by atoms with Crippen LogP contribution in [-0.2, 0) is 4.74 Å². The number of hydrogen-bond acceptors (Lipinski definition) is 5. The lowest BCUT2D eigenvalue weighted by Gasteiger charge is -2.26. The molecule has 8 heteroatoms. The van der Waals surface area contributed by atoms with Gasteiger partial charge in [-0.05, 0) is 45.4 Å². The van der Waals surface area contributed by atoms with E-state index in [9.17, 15) is 14.4 Å². The zero-order chi connectivity index (χ0) is 25.8. The van der Waals surface area contributed by atoms with Crippen LogP contribution in [0.15, 0.2) is 42.5 Å². The summed E-state index contributed by atoms with van der Waals surface area (Å²) in [5, 5.41) is 5.79. The van der Waals surface area contributed by atoms with Gasteiger partial charge in [-0.15, -0.1) is 0 Å². The summed E-state index contributed by atoms with van der Waals surface area (Å²) in [6.07, 6.45) is -0.486. The molecule has 2 N–H and O–H groups in total. The average molecular weight is 492 g/mol. The Balaban J connectivity index is 1.34. The topological polar surface area (TPSA) is 97.0 Å². The molecule has 2 fully saturated rings. The minimum Gasteiger partial charge on any atom is -0.489 e. The Morgan fingerprint density at radius 2 is 1.69 bits per heavy atom. The second-order valence-corrected chi connectivity index (χ2v) is 10.9. The van der Waals surface area contributed by atoms with E-state index in [1.807, 2.05) is 64.1 Å². The van der Waals surface area contributed by atoms with Gasteiger partial charge in [0.1, 0.15) is 17.5 Å². The van der Waals surface area contributed by atoms with E-state index in [4.69, 9.17) is 9.47 Å². The van der Waals surface area contributed by atoms with Crippen LogP contribution < -0.4 is 15.4 Å². The summed E-state index contributed by atoms with van der Waals surface area (Å²) in [5.74, 6) is 0.365. The summed E-state index contributed by atoms with van der Waals surface area (Å²) in [6, 6.07) is 13.4. The van der Waals surface area contributed by atoms with Gasteiger partial charge < -0.3 is 25.0 Å². The maximum absolute atomic E-state index is 13.3. The van der Waals surface area contributed by atoms with E-state index in [2.05, 4.69) is 10.6 Å². The highest BCUT2D eigenvalue weighted by atomic mass is 16.6. The van der Waals surface area contributed by atoms with Crippen molar-refractivity contribution in [2.75, 3.05) is 20.1 Å². The molecule has 1 saturated heterocycles. The van der Waals surface area contributed by atoms with Gasteiger partial charge in [-0.1, -0.05) is 30.3 Å². The molecule has 3 aliphatic rings. The number of benzene rings is 2. The van der Waals surface area contributed by atoms with Crippen LogP contribution >= 0.6 is 0 Å². The van der Waals surface area contributed by atoms with Gasteiger partial charge in [-0.25, -0.2) is 4.79 Å². The molecule has 2 aliphatic heterocycles. The van der Waals surface area contributed by atoms with Gasteiger partial charge in [-0.2, -0.15) is 0 Å². The van der Waals surface area contributed by atoms with Crippen LogP contribution in [0.2, 0.25) is 0 Å². The predicted molar refractivity (Wildman–Crippen MR) is 134 cm³/mol. The van der Waals surface area contributed by atoms with E-state index in [0.717, 1.165) is 11.1 Å². The molecule has 1 aliphatic carbocycles. The first-order chi connectivity index (χ1) is 17.1. The van der Waals surface area contributed by atoms with Gasteiger partial charge in [0.05, 0.1) is 5.56 Å². The average Bonchev–Trinajstić information content (AvgIpc) is 3.15. The Bertz CT molecular complexity index is 1190. The number of amides is 3. The van der Waals surface area contributed by atoms with E-state index < -0.39 is 5.60 Å². The number of piperidine rings is 1. The second kappa shape index (κ2) is 8.84. The van der Waals surface area contributed by atoms with Crippen LogP contribution in [0.1, 0.15) is 65.5 Å². The molecule has 2 heterocycles. The monoisotopic (exact) mass is 491 g/mol. The maximum Gasteiger partial charge on any atom is 0.410 e. The SMILES string of the molecule is CNC(=O)c1cc(C(=O)NC2C3CN(C(=O)OC(C)(C)C)CC32)cc2c1O[C@@H](C)[C@@H]2c1ccccc1. The van der Waals surface area contributed by atoms with Crippen LogP contribution in [0.25, 0.3) is 0 Å². The number of ether oxygens (including phenoxy) is 2. The first kappa shape index (κ1) is 24.2. The van der Waals surface area contributed by atoms with Crippen LogP contribution in [0.3, 0.4) is 0 Å². The number of nitrogens with zero attached hydrogens (tertiary/aromatic N) is 1. The number of hydrogen-bond donors (Lipinski definition) is 2. The van der Waals surface area contributed by atoms with Crippen LogP contribution in [0.4, 0.5) is 4.79 Å². The zero-order valence-corrected chi connectivity index (χ0v) is 21.3. The molecule has 8 nitrogen and oxygen atoms in total. The molecule has 190 valence electrons. The molecular weight excluding hydrogens is 458 g/mol. The molecule has 2 aromatic carbocycles. The lowest BCUT2D eigenvalue weighted by atomic mass is 9.87. The maximum atomic E-state index is 13.3. The predicted octanol–water partition coefficient (Wildman–Crippen LogP) is 3.55. The fourth-order valence-electron chi connectivity index (χ4n) is 5.52. The van der Waals surface area contributed by atoms with Crippen molar-refractivity contribution in [2.45, 2.75) is 51.4 Å². The third-order valence-electron chi connectivity index (χ3n) is 7.26. The van der Waals surface area contributed by atoms with Gasteiger partial charge in [-0.3, -0.25) is 9.59 Å². The van der Waals surface area contributed by atoms with Crippen molar-refractivity contribution in [2.24, 2.45) is 11.8 Å². The Morgan fingerprint density at radius 3 is 2.31 bits per heavy atom. The highest BCUT2D eigenvalue weighted by Gasteiger charge is 2.58. The Hall–Kier alpha value is -3.55. The van der Waals surface area contributed by atoms with Crippen molar-refractivity contribution < 1.29 is 23.9 Å². The van der Waals surface area contributed by atoms with Gasteiger partial charge in [0, 0.05) is 55.1 Å². The van der Waals surface area contributed by atoms with Crippen molar-refractivity contribution >= 4 is 17.9 Å². The first-order valence-electron chi connectivity index (χ1n) is 12.5. The highest BCUT2D eigenvalue weighted by molar-refractivity contribution is 6.02. The number of carbonyl (C=O) groups excluding carboxylic acids is 3. The van der Waals surface area contributed by atoms with Crippen molar-refractivity contribution in [3.05, 3.63) is 64.7 Å². The summed E-state index contributed by atoms with van der Waals surface area (Å²) in [7, 11) is 1.57. The molecule has 2 unspecified atom stereocenters. The van der Waals surface area contributed by atoms with Gasteiger partial charge >= 0.3 is 6.09 Å². The summed E-state index contributed by atoms with van der Waals surface area (Å²) in [5.41, 5.74) is 2.17. The number of carbonyl (C=O) groups is 3. The molecule has 2 aromatic rings. The summed E-state index contributed by atoms with van der Waals surface area (Å²) < 4.78 is 11.6. The molecule has 0 bridgehead atoms. The van der Waals surface area contributed by atoms with E-state index in [-0.39, 0.29) is 47.8 Å². The molecule has 0 aromatic heterocycles. The van der Waals surface area contributed by atoms with Crippen molar-refractivity contribution in [1.82, 2.24) is 15.5 Å². The van der Waals surface area contributed by atoms with Crippen LogP contribution in [0, 0.1) is 11.8 Å².